The predicted octanol–water partition coefficient (Wildman–Crippen LogP) is -1.98. The van der Waals surface area contributed by atoms with E-state index in [1.54, 1.807) is 0 Å². The van der Waals surface area contributed by atoms with Gasteiger partial charge in [0.1, 0.15) is 12.1 Å². The Bertz CT molecular complexity index is 432. The minimum absolute atomic E-state index is 0.406. The molecule has 0 heterocycles. The van der Waals surface area contributed by atoms with E-state index >= 15 is 0 Å². The van der Waals surface area contributed by atoms with Crippen molar-refractivity contribution in [1.29, 1.82) is 0 Å². The molecule has 126 valence electrons. The lowest BCUT2D eigenvalue weighted by molar-refractivity contribution is -0.141. The van der Waals surface area contributed by atoms with Gasteiger partial charge in [0.25, 0.3) is 0 Å². The zero-order valence-corrected chi connectivity index (χ0v) is 13.3. The molecule has 22 heavy (non-hydrogen) atoms. The van der Waals surface area contributed by atoms with Crippen molar-refractivity contribution in [2.24, 2.45) is 11.5 Å². The van der Waals surface area contributed by atoms with Gasteiger partial charge in [-0.3, -0.25) is 19.2 Å². The number of aliphatic carboxylic acids is 1. The molecule has 0 saturated heterocycles. The number of nitrogens with one attached hydrogen (secondary N) is 2. The van der Waals surface area contributed by atoms with Crippen molar-refractivity contribution in [1.82, 2.24) is 10.6 Å². The van der Waals surface area contributed by atoms with Crippen molar-refractivity contribution < 1.29 is 24.3 Å². The van der Waals surface area contributed by atoms with E-state index in [1.165, 1.54) is 18.7 Å². The second-order valence-corrected chi connectivity index (χ2v) is 5.67. The molecule has 9 nitrogen and oxygen atoms in total. The highest BCUT2D eigenvalue weighted by Gasteiger charge is 2.27. The van der Waals surface area contributed by atoms with Gasteiger partial charge in [0.05, 0.1) is 12.5 Å². The fourth-order valence-electron chi connectivity index (χ4n) is 1.44. The maximum absolute atomic E-state index is 11.9. The number of hydrogen-bond acceptors (Lipinski definition) is 6. The molecule has 0 aliphatic heterocycles. The topological polar surface area (TPSA) is 165 Å². The predicted molar refractivity (Wildman–Crippen MR) is 82.0 cm³/mol. The molecule has 3 atom stereocenters. The highest BCUT2D eigenvalue weighted by molar-refractivity contribution is 7.98. The van der Waals surface area contributed by atoms with Gasteiger partial charge in [-0.1, -0.05) is 0 Å². The first-order valence-electron chi connectivity index (χ1n) is 6.55. The van der Waals surface area contributed by atoms with Gasteiger partial charge in [0.2, 0.25) is 17.7 Å². The zero-order valence-electron chi connectivity index (χ0n) is 12.5. The average Bonchev–Trinajstić information content (AvgIpc) is 2.42. The van der Waals surface area contributed by atoms with Gasteiger partial charge in [0.15, 0.2) is 0 Å². The Morgan fingerprint density at radius 1 is 1.18 bits per heavy atom. The highest BCUT2D eigenvalue weighted by Crippen LogP contribution is 2.01. The molecule has 0 aliphatic rings. The van der Waals surface area contributed by atoms with E-state index in [9.17, 15) is 19.2 Å². The van der Waals surface area contributed by atoms with Crippen molar-refractivity contribution >= 4 is 35.5 Å². The number of carbonyl (C=O) groups excluding carboxylic acids is 3. The molecule has 0 fully saturated rings. The summed E-state index contributed by atoms with van der Waals surface area (Å²) in [5.41, 5.74) is 10.7. The molecule has 0 bridgehead atoms. The van der Waals surface area contributed by atoms with Gasteiger partial charge >= 0.3 is 5.97 Å². The lowest BCUT2D eigenvalue weighted by atomic mass is 10.1. The van der Waals surface area contributed by atoms with Gasteiger partial charge in [-0.15, -0.1) is 0 Å². The SMILES string of the molecule is CSCC[C@H](N)C(=O)N[C@@H](CC(N)=O)C(=O)N[C@@H](C)C(=O)O. The molecule has 0 aromatic heterocycles. The van der Waals surface area contributed by atoms with E-state index in [4.69, 9.17) is 16.6 Å². The van der Waals surface area contributed by atoms with Crippen LogP contribution < -0.4 is 22.1 Å². The lowest BCUT2D eigenvalue weighted by Crippen LogP contribution is -2.55. The molecule has 0 radical (unpaired) electrons. The molecule has 7 N–H and O–H groups in total. The molecule has 10 heteroatoms. The van der Waals surface area contributed by atoms with E-state index in [0.717, 1.165) is 0 Å². The summed E-state index contributed by atoms with van der Waals surface area (Å²) in [6, 6.07) is -3.25. The second-order valence-electron chi connectivity index (χ2n) is 4.69. The minimum Gasteiger partial charge on any atom is -0.480 e. The van der Waals surface area contributed by atoms with Crippen LogP contribution in [-0.4, -0.2) is 58.9 Å². The largest absolute Gasteiger partial charge is 0.480 e. The second kappa shape index (κ2) is 10.0. The van der Waals surface area contributed by atoms with Crippen LogP contribution in [0, 0.1) is 0 Å². The number of amides is 3. The number of carboxylic acids is 1. The summed E-state index contributed by atoms with van der Waals surface area (Å²) in [7, 11) is 0. The minimum atomic E-state index is -1.26. The van der Waals surface area contributed by atoms with Crippen LogP contribution in [0.25, 0.3) is 0 Å². The Morgan fingerprint density at radius 2 is 1.77 bits per heavy atom. The summed E-state index contributed by atoms with van der Waals surface area (Å²) in [4.78, 5) is 45.5. The summed E-state index contributed by atoms with van der Waals surface area (Å²) < 4.78 is 0. The lowest BCUT2D eigenvalue weighted by Gasteiger charge is -2.20. The Labute approximate surface area is 132 Å². The Kier molecular flexibility index (Phi) is 9.18. The summed E-state index contributed by atoms with van der Waals surface area (Å²) in [6.45, 7) is 1.26. The van der Waals surface area contributed by atoms with Gasteiger partial charge in [-0.25, -0.2) is 0 Å². The Morgan fingerprint density at radius 3 is 2.23 bits per heavy atom. The molecule has 0 saturated carbocycles. The Hall–Kier alpha value is -1.81. The third-order valence-electron chi connectivity index (χ3n) is 2.74. The maximum Gasteiger partial charge on any atom is 0.325 e. The van der Waals surface area contributed by atoms with Crippen molar-refractivity contribution in [3.05, 3.63) is 0 Å². The van der Waals surface area contributed by atoms with Crippen LogP contribution in [0.3, 0.4) is 0 Å². The van der Waals surface area contributed by atoms with Crippen molar-refractivity contribution in [3.8, 4) is 0 Å². The van der Waals surface area contributed by atoms with Crippen LogP contribution in [0.4, 0.5) is 0 Å². The first-order valence-corrected chi connectivity index (χ1v) is 7.94. The number of carbonyl (C=O) groups is 4. The third kappa shape index (κ3) is 7.84. The van der Waals surface area contributed by atoms with Crippen LogP contribution in [0.15, 0.2) is 0 Å². The third-order valence-corrected chi connectivity index (χ3v) is 3.38. The van der Waals surface area contributed by atoms with Crippen LogP contribution in [0.1, 0.15) is 19.8 Å². The highest BCUT2D eigenvalue weighted by atomic mass is 32.2. The van der Waals surface area contributed by atoms with Crippen molar-refractivity contribution in [3.63, 3.8) is 0 Å². The average molecular weight is 334 g/mol. The zero-order chi connectivity index (χ0) is 17.3. The molecule has 0 unspecified atom stereocenters. The standard InChI is InChI=1S/C12H22N4O5S/c1-6(12(20)21)15-11(19)8(5-9(14)17)16-10(18)7(13)3-4-22-2/h6-8H,3-5,13H2,1-2H3,(H2,14,17)(H,15,19)(H,16,18)(H,20,21)/t6-,7-,8-/m0/s1. The van der Waals surface area contributed by atoms with Gasteiger partial charge in [-0.05, 0) is 25.4 Å². The number of thioether (sulfide) groups is 1. The monoisotopic (exact) mass is 334 g/mol. The number of rotatable bonds is 10. The van der Waals surface area contributed by atoms with E-state index in [2.05, 4.69) is 10.6 Å². The molecular formula is C12H22N4O5S. The van der Waals surface area contributed by atoms with Crippen LogP contribution in [-0.2, 0) is 19.2 Å². The van der Waals surface area contributed by atoms with E-state index in [-0.39, 0.29) is 0 Å². The van der Waals surface area contributed by atoms with Gasteiger partial charge in [-0.2, -0.15) is 11.8 Å². The summed E-state index contributed by atoms with van der Waals surface area (Å²) in [5, 5.41) is 13.2. The molecule has 0 aromatic rings. The fraction of sp³-hybridized carbons (Fsp3) is 0.667. The molecule has 3 amide bonds. The van der Waals surface area contributed by atoms with E-state index in [0.29, 0.717) is 12.2 Å². The molecule has 0 aromatic carbocycles. The molecular weight excluding hydrogens is 312 g/mol. The van der Waals surface area contributed by atoms with Crippen LogP contribution in [0.2, 0.25) is 0 Å². The molecule has 0 aliphatic carbocycles. The number of primary amides is 1. The van der Waals surface area contributed by atoms with E-state index in [1.807, 2.05) is 6.26 Å². The molecule has 0 rings (SSSR count). The first-order chi connectivity index (χ1) is 10.2. The number of hydrogen-bond donors (Lipinski definition) is 5. The smallest absolute Gasteiger partial charge is 0.325 e. The number of nitrogens with two attached hydrogens (primary N) is 2. The number of carboxylic acid groups (broad SMARTS) is 1. The van der Waals surface area contributed by atoms with Crippen LogP contribution in [0.5, 0.6) is 0 Å². The normalized spacial score (nSPS) is 14.5. The van der Waals surface area contributed by atoms with E-state index < -0.39 is 48.2 Å². The Balaban J connectivity index is 4.76. The van der Waals surface area contributed by atoms with Crippen molar-refractivity contribution in [2.75, 3.05) is 12.0 Å². The van der Waals surface area contributed by atoms with Gasteiger partial charge in [0, 0.05) is 0 Å². The summed E-state index contributed by atoms with van der Waals surface area (Å²) >= 11 is 1.52. The first kappa shape index (κ1) is 20.2. The van der Waals surface area contributed by atoms with Gasteiger partial charge < -0.3 is 27.2 Å². The van der Waals surface area contributed by atoms with Crippen LogP contribution >= 0.6 is 11.8 Å². The quantitative estimate of drug-likeness (QED) is 0.309. The van der Waals surface area contributed by atoms with Crippen molar-refractivity contribution in [2.45, 2.75) is 37.9 Å². The maximum atomic E-state index is 11.9. The fourth-order valence-corrected chi connectivity index (χ4v) is 1.93. The summed E-state index contributed by atoms with van der Waals surface area (Å²) in [5.74, 6) is -2.79. The molecule has 0 spiro atoms. The summed E-state index contributed by atoms with van der Waals surface area (Å²) in [6.07, 6.45) is 1.82.